The smallest absolute Gasteiger partial charge is 0.253 e. The number of carbonyl (C=O) groups excluding carboxylic acids is 1. The van der Waals surface area contributed by atoms with Crippen molar-refractivity contribution in [2.24, 2.45) is 0 Å². The monoisotopic (exact) mass is 428 g/mol. The van der Waals surface area contributed by atoms with E-state index >= 15 is 0 Å². The summed E-state index contributed by atoms with van der Waals surface area (Å²) in [5.74, 6) is 0.903. The van der Waals surface area contributed by atoms with Gasteiger partial charge in [-0.2, -0.15) is 0 Å². The minimum Gasteiger partial charge on any atom is -0.351 e. The van der Waals surface area contributed by atoms with Gasteiger partial charge in [0.05, 0.1) is 0 Å². The van der Waals surface area contributed by atoms with Crippen LogP contribution in [0.1, 0.15) is 10.4 Å². The maximum absolute atomic E-state index is 12.8. The van der Waals surface area contributed by atoms with Crippen LogP contribution in [0.4, 0.5) is 5.82 Å². The standard InChI is InChI=1S/C25H21ClN4O/c26-20-12-10-19(11-13-20)25(31)30-16-14-29(15-17-30)24-22-9-5-4-8-21(22)23(27-28-24)18-6-2-1-3-7-18/h1-13H,14-17H2. The molecule has 3 aromatic carbocycles. The molecule has 1 amide bonds. The van der Waals surface area contributed by atoms with Gasteiger partial charge in [0.15, 0.2) is 5.82 Å². The van der Waals surface area contributed by atoms with Crippen LogP contribution in [0.25, 0.3) is 22.0 Å². The summed E-state index contributed by atoms with van der Waals surface area (Å²) < 4.78 is 0. The zero-order valence-corrected chi connectivity index (χ0v) is 17.7. The number of carbonyl (C=O) groups is 1. The van der Waals surface area contributed by atoms with Crippen LogP contribution in [0.5, 0.6) is 0 Å². The van der Waals surface area contributed by atoms with Crippen molar-refractivity contribution in [1.29, 1.82) is 0 Å². The van der Waals surface area contributed by atoms with Gasteiger partial charge in [0.1, 0.15) is 5.69 Å². The molecule has 1 aliphatic heterocycles. The number of hydrogen-bond donors (Lipinski definition) is 0. The quantitative estimate of drug-likeness (QED) is 0.465. The van der Waals surface area contributed by atoms with Crippen LogP contribution in [0.3, 0.4) is 0 Å². The third kappa shape index (κ3) is 3.84. The summed E-state index contributed by atoms with van der Waals surface area (Å²) in [7, 11) is 0. The predicted molar refractivity (Wildman–Crippen MR) is 125 cm³/mol. The number of aromatic nitrogens is 2. The zero-order valence-electron chi connectivity index (χ0n) is 16.9. The Morgan fingerprint density at radius 3 is 2.10 bits per heavy atom. The Morgan fingerprint density at radius 2 is 1.39 bits per heavy atom. The first-order chi connectivity index (χ1) is 15.2. The first-order valence-corrected chi connectivity index (χ1v) is 10.7. The molecule has 154 valence electrons. The summed E-state index contributed by atoms with van der Waals surface area (Å²) in [5, 5.41) is 12.0. The number of rotatable bonds is 3. The number of hydrogen-bond acceptors (Lipinski definition) is 4. The number of benzene rings is 3. The molecule has 1 aromatic heterocycles. The molecule has 5 nitrogen and oxygen atoms in total. The molecular weight excluding hydrogens is 408 g/mol. The van der Waals surface area contributed by atoms with Gasteiger partial charge in [0, 0.05) is 53.1 Å². The Kier molecular flexibility index (Phi) is 5.26. The van der Waals surface area contributed by atoms with Crippen molar-refractivity contribution in [3.8, 4) is 11.3 Å². The molecule has 31 heavy (non-hydrogen) atoms. The van der Waals surface area contributed by atoms with Crippen molar-refractivity contribution in [2.45, 2.75) is 0 Å². The Hall–Kier alpha value is -3.44. The molecule has 0 aliphatic carbocycles. The lowest BCUT2D eigenvalue weighted by atomic mass is 10.0. The summed E-state index contributed by atoms with van der Waals surface area (Å²) in [5.41, 5.74) is 2.60. The summed E-state index contributed by atoms with van der Waals surface area (Å²) in [6.07, 6.45) is 0. The fraction of sp³-hybridized carbons (Fsp3) is 0.160. The Bertz CT molecular complexity index is 1220. The highest BCUT2D eigenvalue weighted by molar-refractivity contribution is 6.30. The van der Waals surface area contributed by atoms with E-state index in [1.54, 1.807) is 24.3 Å². The van der Waals surface area contributed by atoms with Crippen LogP contribution < -0.4 is 4.90 Å². The molecular formula is C25H21ClN4O. The molecule has 1 aliphatic rings. The number of piperazine rings is 1. The van der Waals surface area contributed by atoms with E-state index in [4.69, 9.17) is 11.6 Å². The molecule has 5 rings (SSSR count). The highest BCUT2D eigenvalue weighted by Crippen LogP contribution is 2.31. The molecule has 0 spiro atoms. The van der Waals surface area contributed by atoms with Gasteiger partial charge >= 0.3 is 0 Å². The normalized spacial score (nSPS) is 14.1. The second-order valence-corrected chi connectivity index (χ2v) is 8.01. The molecule has 0 N–H and O–H groups in total. The van der Waals surface area contributed by atoms with Crippen LogP contribution in [0.15, 0.2) is 78.9 Å². The van der Waals surface area contributed by atoms with Gasteiger partial charge in [-0.3, -0.25) is 4.79 Å². The molecule has 0 unspecified atom stereocenters. The van der Waals surface area contributed by atoms with E-state index in [0.717, 1.165) is 27.8 Å². The molecule has 1 saturated heterocycles. The lowest BCUT2D eigenvalue weighted by Crippen LogP contribution is -2.49. The fourth-order valence-electron chi connectivity index (χ4n) is 4.03. The molecule has 0 atom stereocenters. The second kappa shape index (κ2) is 8.36. The van der Waals surface area contributed by atoms with Gasteiger partial charge in [-0.05, 0) is 24.3 Å². The third-order valence-electron chi connectivity index (χ3n) is 5.67. The van der Waals surface area contributed by atoms with Crippen molar-refractivity contribution < 1.29 is 4.79 Å². The second-order valence-electron chi connectivity index (χ2n) is 7.57. The molecule has 0 radical (unpaired) electrons. The lowest BCUT2D eigenvalue weighted by molar-refractivity contribution is 0.0746. The summed E-state index contributed by atoms with van der Waals surface area (Å²) in [6, 6.07) is 25.4. The van der Waals surface area contributed by atoms with E-state index in [-0.39, 0.29) is 5.91 Å². The number of nitrogens with zero attached hydrogens (tertiary/aromatic N) is 4. The van der Waals surface area contributed by atoms with Crippen LogP contribution in [0.2, 0.25) is 5.02 Å². The van der Waals surface area contributed by atoms with E-state index in [1.807, 2.05) is 35.2 Å². The van der Waals surface area contributed by atoms with Gasteiger partial charge in [-0.1, -0.05) is 66.2 Å². The Morgan fingerprint density at radius 1 is 0.742 bits per heavy atom. The van der Waals surface area contributed by atoms with Crippen molar-refractivity contribution in [2.75, 3.05) is 31.1 Å². The molecule has 4 aromatic rings. The van der Waals surface area contributed by atoms with Gasteiger partial charge in [-0.15, -0.1) is 10.2 Å². The molecule has 1 fully saturated rings. The first kappa shape index (κ1) is 19.5. The van der Waals surface area contributed by atoms with Gasteiger partial charge in [0.2, 0.25) is 0 Å². The SMILES string of the molecule is O=C(c1ccc(Cl)cc1)N1CCN(c2nnc(-c3ccccc3)c3ccccc23)CC1. The maximum Gasteiger partial charge on any atom is 0.253 e. The van der Waals surface area contributed by atoms with Crippen molar-refractivity contribution in [3.63, 3.8) is 0 Å². The van der Waals surface area contributed by atoms with E-state index in [1.165, 1.54) is 0 Å². The molecule has 0 bridgehead atoms. The van der Waals surface area contributed by atoms with Gasteiger partial charge in [0.25, 0.3) is 5.91 Å². The van der Waals surface area contributed by atoms with Crippen LogP contribution in [0, 0.1) is 0 Å². The topological polar surface area (TPSA) is 49.3 Å². The lowest BCUT2D eigenvalue weighted by Gasteiger charge is -2.35. The third-order valence-corrected chi connectivity index (χ3v) is 5.92. The number of halogens is 1. The predicted octanol–water partition coefficient (Wildman–Crippen LogP) is 4.91. The number of amides is 1. The molecule has 6 heteroatoms. The highest BCUT2D eigenvalue weighted by atomic mass is 35.5. The maximum atomic E-state index is 12.8. The Labute approximate surface area is 185 Å². The molecule has 0 saturated carbocycles. The zero-order chi connectivity index (χ0) is 21.2. The minimum atomic E-state index is 0.0340. The van der Waals surface area contributed by atoms with Gasteiger partial charge < -0.3 is 9.80 Å². The Balaban J connectivity index is 1.39. The van der Waals surface area contributed by atoms with E-state index in [2.05, 4.69) is 39.4 Å². The summed E-state index contributed by atoms with van der Waals surface area (Å²) in [6.45, 7) is 2.70. The largest absolute Gasteiger partial charge is 0.351 e. The minimum absolute atomic E-state index is 0.0340. The average Bonchev–Trinajstić information content (AvgIpc) is 2.84. The van der Waals surface area contributed by atoms with Crippen LogP contribution in [-0.2, 0) is 0 Å². The van der Waals surface area contributed by atoms with Crippen LogP contribution in [-0.4, -0.2) is 47.2 Å². The van der Waals surface area contributed by atoms with E-state index in [0.29, 0.717) is 36.8 Å². The van der Waals surface area contributed by atoms with E-state index < -0.39 is 0 Å². The number of fused-ring (bicyclic) bond motifs is 1. The van der Waals surface area contributed by atoms with E-state index in [9.17, 15) is 4.79 Å². The number of anilines is 1. The highest BCUT2D eigenvalue weighted by Gasteiger charge is 2.24. The average molecular weight is 429 g/mol. The van der Waals surface area contributed by atoms with Crippen LogP contribution >= 0.6 is 11.6 Å². The first-order valence-electron chi connectivity index (χ1n) is 10.3. The van der Waals surface area contributed by atoms with Crippen molar-refractivity contribution in [3.05, 3.63) is 89.4 Å². The van der Waals surface area contributed by atoms with Crippen molar-refractivity contribution in [1.82, 2.24) is 15.1 Å². The summed E-state index contributed by atoms with van der Waals surface area (Å²) in [4.78, 5) is 16.9. The van der Waals surface area contributed by atoms with Gasteiger partial charge in [-0.25, -0.2) is 0 Å². The van der Waals surface area contributed by atoms with Crippen molar-refractivity contribution >= 4 is 34.1 Å². The summed E-state index contributed by atoms with van der Waals surface area (Å²) >= 11 is 5.94. The fourth-order valence-corrected chi connectivity index (χ4v) is 4.15. The molecule has 2 heterocycles.